The first-order valence-corrected chi connectivity index (χ1v) is 10.7. The third-order valence-electron chi connectivity index (χ3n) is 5.52. The normalized spacial score (nSPS) is 16.2. The smallest absolute Gasteiger partial charge is 0.416 e. The van der Waals surface area contributed by atoms with Crippen molar-refractivity contribution in [2.75, 3.05) is 18.1 Å². The van der Waals surface area contributed by atoms with E-state index in [1.807, 2.05) is 6.07 Å². The first-order chi connectivity index (χ1) is 16.6. The summed E-state index contributed by atoms with van der Waals surface area (Å²) in [5, 5.41) is 9.12. The Morgan fingerprint density at radius 1 is 1.20 bits per heavy atom. The minimum Gasteiger partial charge on any atom is -0.463 e. The van der Waals surface area contributed by atoms with Gasteiger partial charge in [-0.2, -0.15) is 18.4 Å². The van der Waals surface area contributed by atoms with Gasteiger partial charge in [0.25, 0.3) is 0 Å². The van der Waals surface area contributed by atoms with E-state index in [0.29, 0.717) is 17.4 Å². The van der Waals surface area contributed by atoms with E-state index in [1.54, 1.807) is 19.1 Å². The molecule has 1 aliphatic heterocycles. The van der Waals surface area contributed by atoms with Crippen molar-refractivity contribution in [3.63, 3.8) is 0 Å². The predicted octanol–water partition coefficient (Wildman–Crippen LogP) is 4.99. The van der Waals surface area contributed by atoms with E-state index in [9.17, 15) is 27.6 Å². The van der Waals surface area contributed by atoms with Crippen LogP contribution < -0.4 is 4.90 Å². The number of carbonyl (C=O) groups is 3. The lowest BCUT2D eigenvalue weighted by Gasteiger charge is -2.42. The van der Waals surface area contributed by atoms with Crippen LogP contribution >= 0.6 is 0 Å². The topological polar surface area (TPSA) is 90.7 Å². The van der Waals surface area contributed by atoms with E-state index in [4.69, 9.17) is 10.00 Å². The van der Waals surface area contributed by atoms with Crippen molar-refractivity contribution in [2.24, 2.45) is 0 Å². The van der Waals surface area contributed by atoms with Gasteiger partial charge in [-0.15, -0.1) is 0 Å². The average molecular weight is 485 g/mol. The molecule has 2 aromatic carbocycles. The number of nitrogens with zero attached hydrogens (tertiary/aromatic N) is 3. The second-order valence-electron chi connectivity index (χ2n) is 7.67. The van der Waals surface area contributed by atoms with Crippen LogP contribution in [0, 0.1) is 11.3 Å². The van der Waals surface area contributed by atoms with Gasteiger partial charge in [0.05, 0.1) is 41.1 Å². The van der Waals surface area contributed by atoms with E-state index in [0.717, 1.165) is 17.0 Å². The van der Waals surface area contributed by atoms with Gasteiger partial charge in [-0.05, 0) is 49.7 Å². The van der Waals surface area contributed by atoms with Crippen LogP contribution in [0.3, 0.4) is 0 Å². The summed E-state index contributed by atoms with van der Waals surface area (Å²) in [5.41, 5.74) is -0.0574. The lowest BCUT2D eigenvalue weighted by atomic mass is 9.92. The Kier molecular flexibility index (Phi) is 7.59. The molecule has 0 radical (unpaired) electrons. The first kappa shape index (κ1) is 25.5. The molecule has 1 aliphatic rings. The highest BCUT2D eigenvalue weighted by atomic mass is 19.4. The number of hydrogen-bond donors (Lipinski definition) is 0. The Labute approximate surface area is 200 Å². The van der Waals surface area contributed by atoms with Crippen molar-refractivity contribution in [2.45, 2.75) is 32.5 Å². The molecule has 0 spiro atoms. The number of alkyl halides is 3. The second kappa shape index (κ2) is 10.4. The minimum atomic E-state index is -4.64. The van der Waals surface area contributed by atoms with Crippen LogP contribution in [-0.4, -0.2) is 36.3 Å². The molecule has 0 aliphatic carbocycles. The maximum absolute atomic E-state index is 13.7. The molecule has 0 fully saturated rings. The molecule has 1 unspecified atom stereocenters. The third-order valence-corrected chi connectivity index (χ3v) is 5.52. The van der Waals surface area contributed by atoms with Gasteiger partial charge in [-0.3, -0.25) is 4.90 Å². The van der Waals surface area contributed by atoms with Crippen molar-refractivity contribution in [1.82, 2.24) is 4.90 Å². The lowest BCUT2D eigenvalue weighted by molar-refractivity contribution is -0.139. The maximum Gasteiger partial charge on any atom is 0.416 e. The van der Waals surface area contributed by atoms with Crippen LogP contribution in [0.4, 0.5) is 23.7 Å². The zero-order chi connectivity index (χ0) is 25.8. The van der Waals surface area contributed by atoms with Crippen LogP contribution in [0.15, 0.2) is 59.8 Å². The highest BCUT2D eigenvalue weighted by molar-refractivity contribution is 6.03. The molecule has 0 N–H and O–H groups in total. The van der Waals surface area contributed by atoms with Gasteiger partial charge < -0.3 is 14.4 Å². The summed E-state index contributed by atoms with van der Waals surface area (Å²) < 4.78 is 45.3. The zero-order valence-corrected chi connectivity index (χ0v) is 19.0. The summed E-state index contributed by atoms with van der Waals surface area (Å²) in [4.78, 5) is 40.2. The van der Waals surface area contributed by atoms with E-state index in [1.165, 1.54) is 36.1 Å². The number of halogens is 3. The number of nitriles is 1. The lowest BCUT2D eigenvalue weighted by Crippen LogP contribution is -2.51. The molecule has 2 amide bonds. The number of rotatable bonds is 7. The largest absolute Gasteiger partial charge is 0.463 e. The van der Waals surface area contributed by atoms with Gasteiger partial charge in [-0.25, -0.2) is 9.59 Å². The highest BCUT2D eigenvalue weighted by Crippen LogP contribution is 2.41. The fraction of sp³-hybridized carbons (Fsp3) is 0.280. The summed E-state index contributed by atoms with van der Waals surface area (Å²) in [7, 11) is 0. The molecule has 1 atom stereocenters. The van der Waals surface area contributed by atoms with Gasteiger partial charge in [0.1, 0.15) is 6.29 Å². The second-order valence-corrected chi connectivity index (χ2v) is 7.67. The summed E-state index contributed by atoms with van der Waals surface area (Å²) in [5.74, 6) is -0.750. The SMILES string of the molecule is CCOC(=O)C1=C(C)N(c2cccc(C(F)(F)F)c2)C(=O)N(CCC=O)C1c1ccc(C#N)cc1. The van der Waals surface area contributed by atoms with E-state index < -0.39 is 29.8 Å². The monoisotopic (exact) mass is 485 g/mol. The molecular formula is C25H22F3N3O4. The number of amides is 2. The number of esters is 1. The van der Waals surface area contributed by atoms with Crippen molar-refractivity contribution in [1.29, 1.82) is 5.26 Å². The Morgan fingerprint density at radius 2 is 1.89 bits per heavy atom. The molecule has 1 heterocycles. The molecular weight excluding hydrogens is 463 g/mol. The molecule has 10 heteroatoms. The summed E-state index contributed by atoms with van der Waals surface area (Å²) >= 11 is 0. The van der Waals surface area contributed by atoms with Crippen LogP contribution in [0.2, 0.25) is 0 Å². The number of urea groups is 1. The molecule has 2 aromatic rings. The van der Waals surface area contributed by atoms with E-state index in [2.05, 4.69) is 0 Å². The summed E-state index contributed by atoms with van der Waals surface area (Å²) in [6.07, 6.45) is -4.10. The van der Waals surface area contributed by atoms with Crippen LogP contribution in [0.1, 0.15) is 43.0 Å². The van der Waals surface area contributed by atoms with E-state index >= 15 is 0 Å². The van der Waals surface area contributed by atoms with Gasteiger partial charge in [0, 0.05) is 18.7 Å². The highest BCUT2D eigenvalue weighted by Gasteiger charge is 2.43. The van der Waals surface area contributed by atoms with Crippen LogP contribution in [0.5, 0.6) is 0 Å². The number of hydrogen-bond acceptors (Lipinski definition) is 5. The fourth-order valence-electron chi connectivity index (χ4n) is 3.95. The summed E-state index contributed by atoms with van der Waals surface area (Å²) in [6.45, 7) is 2.99. The number of carbonyl (C=O) groups excluding carboxylic acids is 3. The molecule has 0 bridgehead atoms. The number of ether oxygens (including phenoxy) is 1. The minimum absolute atomic E-state index is 0.0293. The Morgan fingerprint density at radius 3 is 2.46 bits per heavy atom. The quantitative estimate of drug-likeness (QED) is 0.407. The Hall–Kier alpha value is -4.13. The molecule has 0 saturated carbocycles. The van der Waals surface area contributed by atoms with Crippen molar-refractivity contribution < 1.29 is 32.3 Å². The van der Waals surface area contributed by atoms with Crippen molar-refractivity contribution >= 4 is 24.0 Å². The average Bonchev–Trinajstić information content (AvgIpc) is 2.83. The number of allylic oxidation sites excluding steroid dienone is 1. The van der Waals surface area contributed by atoms with E-state index in [-0.39, 0.29) is 36.5 Å². The number of aldehydes is 1. The van der Waals surface area contributed by atoms with Crippen molar-refractivity contribution in [3.05, 3.63) is 76.5 Å². The van der Waals surface area contributed by atoms with Crippen LogP contribution in [-0.2, 0) is 20.5 Å². The first-order valence-electron chi connectivity index (χ1n) is 10.7. The molecule has 7 nitrogen and oxygen atoms in total. The maximum atomic E-state index is 13.7. The van der Waals surface area contributed by atoms with Gasteiger partial charge in [-0.1, -0.05) is 18.2 Å². The van der Waals surface area contributed by atoms with Crippen LogP contribution in [0.25, 0.3) is 0 Å². The molecule has 0 saturated heterocycles. The zero-order valence-electron chi connectivity index (χ0n) is 19.0. The molecule has 0 aromatic heterocycles. The summed E-state index contributed by atoms with van der Waals surface area (Å²) in [6, 6.07) is 10.7. The number of anilines is 1. The standard InChI is InChI=1S/C25H22F3N3O4/c1-3-35-23(33)21-16(2)31(20-7-4-6-19(14-20)25(26,27)28)24(34)30(12-5-13-32)22(21)18-10-8-17(15-29)9-11-18/h4,6-11,13-14,22H,3,5,12H2,1-2H3. The fourth-order valence-corrected chi connectivity index (χ4v) is 3.95. The molecule has 182 valence electrons. The predicted molar refractivity (Wildman–Crippen MR) is 120 cm³/mol. The Balaban J connectivity index is 2.26. The molecule has 3 rings (SSSR count). The number of benzene rings is 2. The van der Waals surface area contributed by atoms with Gasteiger partial charge >= 0.3 is 18.2 Å². The molecule has 35 heavy (non-hydrogen) atoms. The van der Waals surface area contributed by atoms with Crippen molar-refractivity contribution in [3.8, 4) is 6.07 Å². The Bertz CT molecular complexity index is 1200. The van der Waals surface area contributed by atoms with Gasteiger partial charge in [0.2, 0.25) is 0 Å². The third kappa shape index (κ3) is 5.19. The van der Waals surface area contributed by atoms with Gasteiger partial charge in [0.15, 0.2) is 0 Å².